The van der Waals surface area contributed by atoms with Crippen LogP contribution in [0.3, 0.4) is 0 Å². The highest BCUT2D eigenvalue weighted by atomic mass is 35.5. The Morgan fingerprint density at radius 2 is 1.68 bits per heavy atom. The molecule has 0 aliphatic carbocycles. The average Bonchev–Trinajstić information content (AvgIpc) is 2.75. The van der Waals surface area contributed by atoms with Crippen molar-refractivity contribution in [3.05, 3.63) is 28.0 Å². The van der Waals surface area contributed by atoms with Crippen LogP contribution >= 0.6 is 23.2 Å². The molecule has 122 valence electrons. The maximum Gasteiger partial charge on any atom is 0.246 e. The Bertz CT molecular complexity index is 663. The molecule has 0 aromatic heterocycles. The number of hydrogen-bond donors (Lipinski definition) is 1. The molecule has 0 amide bonds. The van der Waals surface area contributed by atoms with Crippen LogP contribution in [0.1, 0.15) is 25.7 Å². The number of fused-ring (bicyclic) bond motifs is 2. The molecule has 2 saturated heterocycles. The number of nitrogens with one attached hydrogen (secondary N) is 1. The summed E-state index contributed by atoms with van der Waals surface area (Å²) in [5, 5.41) is 3.10. The molecule has 1 aromatic carbocycles. The van der Waals surface area contributed by atoms with Crippen LogP contribution in [0.2, 0.25) is 10.0 Å². The number of piperidine rings is 1. The number of halogens is 3. The standard InChI is InChI=1S/C14H17Cl2FN2O2S/c1-19(11-6-9-2-3-10(7-11)18-9)22(20,21)14-12(15)4-8(17)5-13(14)16/h4-5,9-11,18H,2-3,6-7H2,1H3. The molecule has 22 heavy (non-hydrogen) atoms. The van der Waals surface area contributed by atoms with Gasteiger partial charge in [-0.05, 0) is 37.8 Å². The maximum atomic E-state index is 13.3. The summed E-state index contributed by atoms with van der Waals surface area (Å²) in [6.07, 6.45) is 3.69. The van der Waals surface area contributed by atoms with Crippen LogP contribution in [0.5, 0.6) is 0 Å². The number of nitrogens with zero attached hydrogens (tertiary/aromatic N) is 1. The first-order valence-electron chi connectivity index (χ1n) is 7.17. The van der Waals surface area contributed by atoms with E-state index in [1.54, 1.807) is 7.05 Å². The molecule has 2 aliphatic heterocycles. The third-order valence-electron chi connectivity index (χ3n) is 4.56. The van der Waals surface area contributed by atoms with Crippen LogP contribution < -0.4 is 5.32 Å². The second kappa shape index (κ2) is 5.91. The SMILES string of the molecule is CN(C1CC2CCC(C1)N2)S(=O)(=O)c1c(Cl)cc(F)cc1Cl. The zero-order chi connectivity index (χ0) is 16.1. The Labute approximate surface area is 139 Å². The van der Waals surface area contributed by atoms with Gasteiger partial charge in [-0.25, -0.2) is 12.8 Å². The van der Waals surface area contributed by atoms with Gasteiger partial charge >= 0.3 is 0 Å². The van der Waals surface area contributed by atoms with Crippen molar-refractivity contribution >= 4 is 33.2 Å². The van der Waals surface area contributed by atoms with Gasteiger partial charge in [0.2, 0.25) is 10.0 Å². The normalized spacial score (nSPS) is 28.3. The fourth-order valence-electron chi connectivity index (χ4n) is 3.44. The van der Waals surface area contributed by atoms with E-state index in [2.05, 4.69) is 5.32 Å². The van der Waals surface area contributed by atoms with E-state index in [4.69, 9.17) is 23.2 Å². The third-order valence-corrected chi connectivity index (χ3v) is 7.39. The highest BCUT2D eigenvalue weighted by Gasteiger charge is 2.39. The van der Waals surface area contributed by atoms with Crippen molar-refractivity contribution in [2.45, 2.75) is 48.7 Å². The van der Waals surface area contributed by atoms with Crippen molar-refractivity contribution in [3.8, 4) is 0 Å². The molecule has 4 nitrogen and oxygen atoms in total. The first kappa shape index (κ1) is 16.5. The predicted molar refractivity (Wildman–Crippen MR) is 84.3 cm³/mol. The summed E-state index contributed by atoms with van der Waals surface area (Å²) in [4.78, 5) is -0.217. The number of rotatable bonds is 3. The minimum absolute atomic E-state index is 0.0964. The Balaban J connectivity index is 1.93. The largest absolute Gasteiger partial charge is 0.311 e. The van der Waals surface area contributed by atoms with E-state index in [-0.39, 0.29) is 21.0 Å². The average molecular weight is 367 g/mol. The molecule has 0 radical (unpaired) electrons. The van der Waals surface area contributed by atoms with Crippen LogP contribution in [-0.4, -0.2) is 37.9 Å². The molecule has 0 saturated carbocycles. The summed E-state index contributed by atoms with van der Waals surface area (Å²) in [7, 11) is -2.32. The van der Waals surface area contributed by atoms with Crippen LogP contribution in [0.4, 0.5) is 4.39 Å². The molecule has 2 aliphatic rings. The summed E-state index contributed by atoms with van der Waals surface area (Å²) < 4.78 is 40.3. The van der Waals surface area contributed by atoms with E-state index < -0.39 is 15.8 Å². The highest BCUT2D eigenvalue weighted by Crippen LogP contribution is 2.36. The van der Waals surface area contributed by atoms with Crippen molar-refractivity contribution in [3.63, 3.8) is 0 Å². The summed E-state index contributed by atoms with van der Waals surface area (Å²) in [6, 6.07) is 2.57. The first-order valence-corrected chi connectivity index (χ1v) is 9.37. The lowest BCUT2D eigenvalue weighted by molar-refractivity contribution is 0.251. The van der Waals surface area contributed by atoms with Gasteiger partial charge in [-0.2, -0.15) is 4.31 Å². The van der Waals surface area contributed by atoms with Gasteiger partial charge in [-0.1, -0.05) is 23.2 Å². The fourth-order valence-corrected chi connectivity index (χ4v) is 5.95. The van der Waals surface area contributed by atoms with E-state index in [0.29, 0.717) is 12.1 Å². The van der Waals surface area contributed by atoms with E-state index >= 15 is 0 Å². The van der Waals surface area contributed by atoms with E-state index in [0.717, 1.165) is 37.8 Å². The van der Waals surface area contributed by atoms with Gasteiger partial charge in [0.05, 0.1) is 10.0 Å². The van der Waals surface area contributed by atoms with Gasteiger partial charge in [0.25, 0.3) is 0 Å². The minimum atomic E-state index is -3.86. The van der Waals surface area contributed by atoms with Crippen molar-refractivity contribution in [2.75, 3.05) is 7.05 Å². The molecular formula is C14H17Cl2FN2O2S. The quantitative estimate of drug-likeness (QED) is 0.894. The Morgan fingerprint density at radius 3 is 2.18 bits per heavy atom. The van der Waals surface area contributed by atoms with E-state index in [9.17, 15) is 12.8 Å². The molecule has 2 heterocycles. The minimum Gasteiger partial charge on any atom is -0.311 e. The van der Waals surface area contributed by atoms with Crippen molar-refractivity contribution in [1.29, 1.82) is 0 Å². The molecule has 1 aromatic rings. The molecular weight excluding hydrogens is 350 g/mol. The molecule has 3 rings (SSSR count). The van der Waals surface area contributed by atoms with Crippen molar-refractivity contribution < 1.29 is 12.8 Å². The van der Waals surface area contributed by atoms with Gasteiger partial charge < -0.3 is 5.32 Å². The second-order valence-electron chi connectivity index (χ2n) is 5.98. The Hall–Kier alpha value is -0.400. The van der Waals surface area contributed by atoms with Gasteiger partial charge in [0, 0.05) is 25.2 Å². The summed E-state index contributed by atoms with van der Waals surface area (Å²) in [5.74, 6) is -0.656. The van der Waals surface area contributed by atoms with Gasteiger partial charge in [-0.15, -0.1) is 0 Å². The lowest BCUT2D eigenvalue weighted by atomic mass is 10.0. The lowest BCUT2D eigenvalue weighted by Gasteiger charge is -2.35. The number of hydrogen-bond acceptors (Lipinski definition) is 3. The Morgan fingerprint density at radius 1 is 1.18 bits per heavy atom. The monoisotopic (exact) mass is 366 g/mol. The van der Waals surface area contributed by atoms with E-state index in [1.165, 1.54) is 4.31 Å². The lowest BCUT2D eigenvalue weighted by Crippen LogP contribution is -2.48. The summed E-state index contributed by atoms with van der Waals surface area (Å²) >= 11 is 11.9. The smallest absolute Gasteiger partial charge is 0.246 e. The zero-order valence-corrected chi connectivity index (χ0v) is 14.3. The molecule has 2 unspecified atom stereocenters. The zero-order valence-electron chi connectivity index (χ0n) is 12.0. The summed E-state index contributed by atoms with van der Waals surface area (Å²) in [6.45, 7) is 0. The topological polar surface area (TPSA) is 49.4 Å². The molecule has 2 atom stereocenters. The molecule has 2 fully saturated rings. The third kappa shape index (κ3) is 2.87. The van der Waals surface area contributed by atoms with Crippen LogP contribution in [-0.2, 0) is 10.0 Å². The predicted octanol–water partition coefficient (Wildman–Crippen LogP) is 3.04. The van der Waals surface area contributed by atoms with Gasteiger partial charge in [0.1, 0.15) is 10.7 Å². The van der Waals surface area contributed by atoms with Crippen LogP contribution in [0.25, 0.3) is 0 Å². The van der Waals surface area contributed by atoms with Crippen LogP contribution in [0, 0.1) is 5.82 Å². The molecule has 0 spiro atoms. The highest BCUT2D eigenvalue weighted by molar-refractivity contribution is 7.89. The fraction of sp³-hybridized carbons (Fsp3) is 0.571. The van der Waals surface area contributed by atoms with Crippen LogP contribution in [0.15, 0.2) is 17.0 Å². The molecule has 2 bridgehead atoms. The Kier molecular flexibility index (Phi) is 4.42. The van der Waals surface area contributed by atoms with Crippen molar-refractivity contribution in [1.82, 2.24) is 9.62 Å². The maximum absolute atomic E-state index is 13.3. The first-order chi connectivity index (χ1) is 10.3. The van der Waals surface area contributed by atoms with E-state index in [1.807, 2.05) is 0 Å². The van der Waals surface area contributed by atoms with Crippen molar-refractivity contribution in [2.24, 2.45) is 0 Å². The van der Waals surface area contributed by atoms with Gasteiger partial charge in [0.15, 0.2) is 0 Å². The molecule has 1 N–H and O–H groups in total. The summed E-state index contributed by atoms with van der Waals surface area (Å²) in [5.41, 5.74) is 0. The number of sulfonamides is 1. The second-order valence-corrected chi connectivity index (χ2v) is 8.73. The van der Waals surface area contributed by atoms with Gasteiger partial charge in [-0.3, -0.25) is 0 Å². The molecule has 8 heteroatoms. The number of benzene rings is 1.